The molecule has 0 aliphatic heterocycles. The van der Waals surface area contributed by atoms with E-state index in [0.29, 0.717) is 12.1 Å². The Hall–Kier alpha value is -2.90. The van der Waals surface area contributed by atoms with E-state index in [9.17, 15) is 4.79 Å². The van der Waals surface area contributed by atoms with Crippen LogP contribution in [-0.2, 0) is 6.42 Å². The zero-order valence-electron chi connectivity index (χ0n) is 14.3. The van der Waals surface area contributed by atoms with Gasteiger partial charge in [-0.2, -0.15) is 5.10 Å². The van der Waals surface area contributed by atoms with Crippen molar-refractivity contribution >= 4 is 49.7 Å². The molecule has 0 aliphatic carbocycles. The molecule has 1 aromatic carbocycles. The molecule has 7 heteroatoms. The summed E-state index contributed by atoms with van der Waals surface area (Å²) in [6.07, 6.45) is 0.857. The highest BCUT2D eigenvalue weighted by atomic mass is 32.1. The maximum Gasteiger partial charge on any atom is 0.251 e. The van der Waals surface area contributed by atoms with E-state index < -0.39 is 0 Å². The van der Waals surface area contributed by atoms with Crippen molar-refractivity contribution in [1.82, 2.24) is 20.5 Å². The Balaban J connectivity index is 1.37. The van der Waals surface area contributed by atoms with Gasteiger partial charge in [0.15, 0.2) is 0 Å². The predicted octanol–water partition coefficient (Wildman–Crippen LogP) is 4.81. The van der Waals surface area contributed by atoms with Crippen LogP contribution < -0.4 is 5.32 Å². The predicted molar refractivity (Wildman–Crippen MR) is 112 cm³/mol. The maximum atomic E-state index is 12.5. The fourth-order valence-electron chi connectivity index (χ4n) is 3.19. The summed E-state index contributed by atoms with van der Waals surface area (Å²) < 4.78 is 1.13. The first-order chi connectivity index (χ1) is 13.3. The maximum absolute atomic E-state index is 12.5. The topological polar surface area (TPSA) is 73.6 Å². The summed E-state index contributed by atoms with van der Waals surface area (Å²) in [5.74, 6) is -0.0448. The van der Waals surface area contributed by atoms with Crippen LogP contribution >= 0.6 is 22.7 Å². The van der Waals surface area contributed by atoms with E-state index in [-0.39, 0.29) is 5.91 Å². The van der Waals surface area contributed by atoms with Gasteiger partial charge in [0.2, 0.25) is 0 Å². The molecule has 0 unspecified atom stereocenters. The van der Waals surface area contributed by atoms with Crippen molar-refractivity contribution in [3.63, 3.8) is 0 Å². The van der Waals surface area contributed by atoms with Gasteiger partial charge in [0.25, 0.3) is 5.91 Å². The average molecular weight is 393 g/mol. The van der Waals surface area contributed by atoms with Crippen molar-refractivity contribution in [2.24, 2.45) is 0 Å². The number of H-pyrrole nitrogens is 2. The van der Waals surface area contributed by atoms with E-state index in [1.807, 2.05) is 41.8 Å². The van der Waals surface area contributed by atoms with Crippen LogP contribution in [0.3, 0.4) is 0 Å². The zero-order chi connectivity index (χ0) is 18.2. The molecular formula is C20H16N4OS2. The van der Waals surface area contributed by atoms with Crippen LogP contribution in [0.25, 0.3) is 32.5 Å². The molecule has 0 saturated carbocycles. The molecule has 0 spiro atoms. The van der Waals surface area contributed by atoms with Gasteiger partial charge in [0, 0.05) is 27.9 Å². The summed E-state index contributed by atoms with van der Waals surface area (Å²) in [4.78, 5) is 17.1. The van der Waals surface area contributed by atoms with Crippen LogP contribution in [0.15, 0.2) is 53.2 Å². The number of nitrogens with one attached hydrogen (secondary N) is 3. The number of benzene rings is 1. The van der Waals surface area contributed by atoms with Gasteiger partial charge in [-0.05, 0) is 53.6 Å². The first-order valence-electron chi connectivity index (χ1n) is 8.63. The third kappa shape index (κ3) is 3.05. The molecule has 5 nitrogen and oxygen atoms in total. The molecule has 0 atom stereocenters. The van der Waals surface area contributed by atoms with Gasteiger partial charge in [-0.15, -0.1) is 22.7 Å². The molecule has 1 amide bonds. The molecule has 0 saturated heterocycles. The third-order valence-electron chi connectivity index (χ3n) is 4.54. The number of hydrogen-bond donors (Lipinski definition) is 3. The minimum atomic E-state index is -0.0448. The van der Waals surface area contributed by atoms with Gasteiger partial charge in [-0.1, -0.05) is 6.07 Å². The Morgan fingerprint density at radius 3 is 2.93 bits per heavy atom. The van der Waals surface area contributed by atoms with Crippen LogP contribution in [0.5, 0.6) is 0 Å². The van der Waals surface area contributed by atoms with Gasteiger partial charge < -0.3 is 10.3 Å². The second kappa shape index (κ2) is 6.68. The Kier molecular flexibility index (Phi) is 4.03. The SMILES string of the molecule is O=C(NCCc1cccs1)c1ccc2[nH]c(-c3n[nH]c4ccsc34)cc2c1. The molecule has 0 aliphatic rings. The smallest absolute Gasteiger partial charge is 0.251 e. The van der Waals surface area contributed by atoms with Crippen LogP contribution in [0, 0.1) is 0 Å². The highest BCUT2D eigenvalue weighted by molar-refractivity contribution is 7.17. The number of hydrogen-bond acceptors (Lipinski definition) is 4. The van der Waals surface area contributed by atoms with Gasteiger partial charge >= 0.3 is 0 Å². The van der Waals surface area contributed by atoms with Crippen molar-refractivity contribution in [3.05, 3.63) is 63.7 Å². The summed E-state index contributed by atoms with van der Waals surface area (Å²) in [7, 11) is 0. The number of thiophene rings is 2. The number of nitrogens with zero attached hydrogens (tertiary/aromatic N) is 1. The number of amides is 1. The van der Waals surface area contributed by atoms with E-state index in [1.54, 1.807) is 22.7 Å². The number of aromatic amines is 2. The fourth-order valence-corrected chi connectivity index (χ4v) is 4.74. The van der Waals surface area contributed by atoms with Gasteiger partial charge in [-0.25, -0.2) is 0 Å². The first kappa shape index (κ1) is 16.3. The van der Waals surface area contributed by atoms with E-state index >= 15 is 0 Å². The molecule has 27 heavy (non-hydrogen) atoms. The summed E-state index contributed by atoms with van der Waals surface area (Å²) >= 11 is 3.38. The van der Waals surface area contributed by atoms with Crippen LogP contribution in [-0.4, -0.2) is 27.6 Å². The van der Waals surface area contributed by atoms with E-state index in [1.165, 1.54) is 4.88 Å². The lowest BCUT2D eigenvalue weighted by Gasteiger charge is -2.04. The molecule has 4 heterocycles. The zero-order valence-corrected chi connectivity index (χ0v) is 15.9. The summed E-state index contributed by atoms with van der Waals surface area (Å²) in [5.41, 5.74) is 4.57. The quantitative estimate of drug-likeness (QED) is 0.402. The second-order valence-corrected chi connectivity index (χ2v) is 8.25. The lowest BCUT2D eigenvalue weighted by molar-refractivity contribution is 0.0954. The van der Waals surface area contributed by atoms with Gasteiger partial charge in [-0.3, -0.25) is 9.89 Å². The molecular weight excluding hydrogens is 376 g/mol. The Morgan fingerprint density at radius 1 is 1.07 bits per heavy atom. The van der Waals surface area contributed by atoms with E-state index in [0.717, 1.165) is 38.9 Å². The van der Waals surface area contributed by atoms with Crippen LogP contribution in [0.4, 0.5) is 0 Å². The molecule has 0 bridgehead atoms. The molecule has 4 aromatic heterocycles. The standard InChI is InChI=1S/C20H16N4OS2/c25-20(21-7-5-14-2-1-8-26-14)12-3-4-15-13(10-12)11-17(22-15)18-19-16(23-24-18)6-9-27-19/h1-4,6,8-11,22H,5,7H2,(H,21,25)(H,23,24). The van der Waals surface area contributed by atoms with Crippen molar-refractivity contribution in [2.45, 2.75) is 6.42 Å². The Bertz CT molecular complexity index is 1230. The Labute approximate surface area is 163 Å². The van der Waals surface area contributed by atoms with Crippen molar-refractivity contribution in [1.29, 1.82) is 0 Å². The van der Waals surface area contributed by atoms with Crippen LogP contribution in [0.1, 0.15) is 15.2 Å². The number of carbonyl (C=O) groups is 1. The number of carbonyl (C=O) groups excluding carboxylic acids is 1. The van der Waals surface area contributed by atoms with E-state index in [2.05, 4.69) is 31.9 Å². The molecule has 0 fully saturated rings. The minimum Gasteiger partial charge on any atom is -0.353 e. The minimum absolute atomic E-state index is 0.0448. The molecule has 0 radical (unpaired) electrons. The second-order valence-electron chi connectivity index (χ2n) is 6.31. The monoisotopic (exact) mass is 392 g/mol. The van der Waals surface area contributed by atoms with E-state index in [4.69, 9.17) is 0 Å². The molecule has 5 rings (SSSR count). The normalized spacial score (nSPS) is 11.4. The number of fused-ring (bicyclic) bond motifs is 2. The Morgan fingerprint density at radius 2 is 2.04 bits per heavy atom. The largest absolute Gasteiger partial charge is 0.353 e. The summed E-state index contributed by atoms with van der Waals surface area (Å²) in [6, 6.07) is 13.9. The third-order valence-corrected chi connectivity index (χ3v) is 6.40. The highest BCUT2D eigenvalue weighted by Crippen LogP contribution is 2.31. The number of aromatic nitrogens is 3. The lowest BCUT2D eigenvalue weighted by Crippen LogP contribution is -2.25. The van der Waals surface area contributed by atoms with Gasteiger partial charge in [0.1, 0.15) is 5.69 Å². The summed E-state index contributed by atoms with van der Waals surface area (Å²) in [6.45, 7) is 0.638. The molecule has 134 valence electrons. The fraction of sp³-hybridized carbons (Fsp3) is 0.100. The van der Waals surface area contributed by atoms with Crippen molar-refractivity contribution in [3.8, 4) is 11.4 Å². The van der Waals surface area contributed by atoms with Gasteiger partial charge in [0.05, 0.1) is 15.9 Å². The molecule has 5 aromatic rings. The highest BCUT2D eigenvalue weighted by Gasteiger charge is 2.13. The lowest BCUT2D eigenvalue weighted by atomic mass is 10.1. The van der Waals surface area contributed by atoms with Crippen molar-refractivity contribution in [2.75, 3.05) is 6.54 Å². The average Bonchev–Trinajstić information content (AvgIpc) is 3.43. The first-order valence-corrected chi connectivity index (χ1v) is 10.4. The van der Waals surface area contributed by atoms with Crippen LogP contribution in [0.2, 0.25) is 0 Å². The van der Waals surface area contributed by atoms with Crippen molar-refractivity contribution < 1.29 is 4.79 Å². The molecule has 3 N–H and O–H groups in total. The number of rotatable bonds is 5. The summed E-state index contributed by atoms with van der Waals surface area (Å²) in [5, 5.41) is 15.6.